The number of thioether (sulfide) groups is 1. The van der Waals surface area contributed by atoms with E-state index in [1.165, 1.54) is 0 Å². The van der Waals surface area contributed by atoms with E-state index in [4.69, 9.17) is 0 Å². The van der Waals surface area contributed by atoms with E-state index in [-0.39, 0.29) is 18.4 Å². The van der Waals surface area contributed by atoms with Crippen molar-refractivity contribution in [3.8, 4) is 0 Å². The van der Waals surface area contributed by atoms with E-state index >= 15 is 0 Å². The summed E-state index contributed by atoms with van der Waals surface area (Å²) in [4.78, 5) is 27.3. The molecule has 2 N–H and O–H groups in total. The first-order valence-electron chi connectivity index (χ1n) is 8.00. The fourth-order valence-corrected chi connectivity index (χ4v) is 2.82. The number of benzene rings is 2. The average Bonchev–Trinajstić information content (AvgIpc) is 2.62. The van der Waals surface area contributed by atoms with E-state index in [9.17, 15) is 9.59 Å². The Morgan fingerprint density at radius 3 is 2.36 bits per heavy atom. The number of hydrogen-bond acceptors (Lipinski definition) is 4. The first-order chi connectivity index (χ1) is 12.0. The minimum Gasteiger partial charge on any atom is -0.325 e. The first-order valence-corrected chi connectivity index (χ1v) is 9.22. The highest BCUT2D eigenvalue weighted by Crippen LogP contribution is 2.24. The molecule has 0 unspecified atom stereocenters. The number of hydrogen-bond donors (Lipinski definition) is 2. The number of carbonyl (C=O) groups excluding carboxylic acids is 2. The maximum Gasteiger partial charge on any atom is 0.241 e. The normalized spacial score (nSPS) is 11.8. The number of rotatable bonds is 7. The van der Waals surface area contributed by atoms with E-state index < -0.39 is 6.04 Å². The lowest BCUT2D eigenvalue weighted by atomic mass is 10.2. The van der Waals surface area contributed by atoms with Crippen molar-refractivity contribution in [2.45, 2.75) is 17.9 Å². The lowest BCUT2D eigenvalue weighted by Gasteiger charge is -2.23. The maximum atomic E-state index is 12.3. The van der Waals surface area contributed by atoms with Gasteiger partial charge in [-0.15, -0.1) is 11.8 Å². The molecule has 0 saturated heterocycles. The average molecular weight is 357 g/mol. The van der Waals surface area contributed by atoms with Gasteiger partial charge >= 0.3 is 0 Å². The highest BCUT2D eigenvalue weighted by molar-refractivity contribution is 7.98. The van der Waals surface area contributed by atoms with Crippen molar-refractivity contribution >= 4 is 35.0 Å². The van der Waals surface area contributed by atoms with E-state index in [0.29, 0.717) is 0 Å². The number of nitrogens with zero attached hydrogens (tertiary/aromatic N) is 1. The quantitative estimate of drug-likeness (QED) is 0.747. The van der Waals surface area contributed by atoms with Crippen LogP contribution in [0.3, 0.4) is 0 Å². The van der Waals surface area contributed by atoms with Gasteiger partial charge in [0.2, 0.25) is 11.8 Å². The lowest BCUT2D eigenvalue weighted by molar-refractivity contribution is -0.122. The molecule has 5 nitrogen and oxygen atoms in total. The summed E-state index contributed by atoms with van der Waals surface area (Å²) in [5, 5.41) is 5.75. The fourth-order valence-electron chi connectivity index (χ4n) is 2.27. The van der Waals surface area contributed by atoms with Gasteiger partial charge in [0.25, 0.3) is 0 Å². The number of carbonyl (C=O) groups is 2. The van der Waals surface area contributed by atoms with Crippen molar-refractivity contribution in [2.24, 2.45) is 0 Å². The Labute approximate surface area is 152 Å². The first kappa shape index (κ1) is 19.0. The van der Waals surface area contributed by atoms with Crippen LogP contribution in [0.1, 0.15) is 6.92 Å². The second-order valence-corrected chi connectivity index (χ2v) is 6.54. The molecule has 0 bridgehead atoms. The van der Waals surface area contributed by atoms with Crippen LogP contribution in [-0.4, -0.2) is 42.6 Å². The summed E-state index contributed by atoms with van der Waals surface area (Å²) in [6, 6.07) is 16.5. The van der Waals surface area contributed by atoms with Gasteiger partial charge in [0.05, 0.1) is 18.3 Å². The zero-order valence-electron chi connectivity index (χ0n) is 14.7. The van der Waals surface area contributed by atoms with Gasteiger partial charge in [-0.1, -0.05) is 30.3 Å². The Balaban J connectivity index is 1.90. The number of para-hydroxylation sites is 2. The highest BCUT2D eigenvalue weighted by atomic mass is 32.2. The standard InChI is InChI=1S/C19H23N3O2S/c1-14(19(24)20-15-9-5-4-6-10-15)22(2)13-18(23)21-16-11-7-8-12-17(16)25-3/h4-12,14H,13H2,1-3H3,(H,20,24)(H,21,23)/t14-/m1/s1. The summed E-state index contributed by atoms with van der Waals surface area (Å²) >= 11 is 1.58. The summed E-state index contributed by atoms with van der Waals surface area (Å²) in [5.41, 5.74) is 1.53. The van der Waals surface area contributed by atoms with Crippen LogP contribution in [0.4, 0.5) is 11.4 Å². The predicted molar refractivity (Wildman–Crippen MR) is 104 cm³/mol. The van der Waals surface area contributed by atoms with Crippen LogP contribution in [0, 0.1) is 0 Å². The van der Waals surface area contributed by atoms with Gasteiger partial charge in [0.15, 0.2) is 0 Å². The number of amides is 2. The molecule has 0 aliphatic carbocycles. The monoisotopic (exact) mass is 357 g/mol. The largest absolute Gasteiger partial charge is 0.325 e. The Kier molecular flexibility index (Phi) is 7.03. The van der Waals surface area contributed by atoms with Crippen molar-refractivity contribution in [1.29, 1.82) is 0 Å². The van der Waals surface area contributed by atoms with Crippen LogP contribution < -0.4 is 10.6 Å². The third-order valence-corrected chi connectivity index (χ3v) is 4.65. The summed E-state index contributed by atoms with van der Waals surface area (Å²) in [6.45, 7) is 1.91. The van der Waals surface area contributed by atoms with Crippen LogP contribution in [-0.2, 0) is 9.59 Å². The molecule has 0 radical (unpaired) electrons. The molecule has 0 spiro atoms. The van der Waals surface area contributed by atoms with E-state index in [1.807, 2.05) is 60.9 Å². The van der Waals surface area contributed by atoms with Crippen LogP contribution in [0.25, 0.3) is 0 Å². The van der Waals surface area contributed by atoms with Crippen LogP contribution >= 0.6 is 11.8 Å². The molecule has 0 fully saturated rings. The molecule has 2 rings (SSSR count). The molecule has 1 atom stereocenters. The molecular weight excluding hydrogens is 334 g/mol. The van der Waals surface area contributed by atoms with E-state index in [1.54, 1.807) is 30.6 Å². The Bertz CT molecular complexity index is 722. The third-order valence-electron chi connectivity index (χ3n) is 3.86. The maximum absolute atomic E-state index is 12.3. The number of anilines is 2. The second-order valence-electron chi connectivity index (χ2n) is 5.69. The molecule has 2 amide bonds. The van der Waals surface area contributed by atoms with Crippen molar-refractivity contribution in [1.82, 2.24) is 4.90 Å². The zero-order chi connectivity index (χ0) is 18.2. The minimum atomic E-state index is -0.429. The Morgan fingerprint density at radius 2 is 1.68 bits per heavy atom. The highest BCUT2D eigenvalue weighted by Gasteiger charge is 2.20. The molecule has 0 aromatic heterocycles. The molecule has 6 heteroatoms. The predicted octanol–water partition coefficient (Wildman–Crippen LogP) is 3.31. The second kappa shape index (κ2) is 9.25. The molecule has 2 aromatic carbocycles. The smallest absolute Gasteiger partial charge is 0.241 e. The summed E-state index contributed by atoms with van der Waals surface area (Å²) in [5.74, 6) is -0.297. The Morgan fingerprint density at radius 1 is 1.04 bits per heavy atom. The van der Waals surface area contributed by atoms with Gasteiger partial charge in [-0.25, -0.2) is 0 Å². The van der Waals surface area contributed by atoms with Gasteiger partial charge in [0, 0.05) is 10.6 Å². The fraction of sp³-hybridized carbons (Fsp3) is 0.263. The van der Waals surface area contributed by atoms with Gasteiger partial charge in [0.1, 0.15) is 0 Å². The molecule has 132 valence electrons. The van der Waals surface area contributed by atoms with Crippen LogP contribution in [0.2, 0.25) is 0 Å². The van der Waals surface area contributed by atoms with Gasteiger partial charge < -0.3 is 10.6 Å². The van der Waals surface area contributed by atoms with Crippen molar-refractivity contribution in [2.75, 3.05) is 30.5 Å². The lowest BCUT2D eigenvalue weighted by Crippen LogP contribution is -2.43. The molecule has 0 heterocycles. The van der Waals surface area contributed by atoms with Crippen molar-refractivity contribution in [3.63, 3.8) is 0 Å². The third kappa shape index (κ3) is 5.62. The van der Waals surface area contributed by atoms with Crippen LogP contribution in [0.5, 0.6) is 0 Å². The minimum absolute atomic E-state index is 0.131. The Hall–Kier alpha value is -2.31. The molecular formula is C19H23N3O2S. The molecule has 0 saturated carbocycles. The number of nitrogens with one attached hydrogen (secondary N) is 2. The summed E-state index contributed by atoms with van der Waals surface area (Å²) < 4.78 is 0. The topological polar surface area (TPSA) is 61.4 Å². The van der Waals surface area contributed by atoms with Gasteiger partial charge in [-0.2, -0.15) is 0 Å². The molecule has 0 aliphatic rings. The molecule has 2 aromatic rings. The zero-order valence-corrected chi connectivity index (χ0v) is 15.5. The SMILES string of the molecule is CSc1ccccc1NC(=O)CN(C)[C@H](C)C(=O)Nc1ccccc1. The van der Waals surface area contributed by atoms with Gasteiger partial charge in [-0.3, -0.25) is 14.5 Å². The van der Waals surface area contributed by atoms with E-state index in [2.05, 4.69) is 10.6 Å². The van der Waals surface area contributed by atoms with Gasteiger partial charge in [-0.05, 0) is 44.5 Å². The summed E-state index contributed by atoms with van der Waals surface area (Å²) in [7, 11) is 1.76. The number of likely N-dealkylation sites (N-methyl/N-ethyl adjacent to an activating group) is 1. The summed E-state index contributed by atoms with van der Waals surface area (Å²) in [6.07, 6.45) is 1.97. The molecule has 0 aliphatic heterocycles. The van der Waals surface area contributed by atoms with E-state index in [0.717, 1.165) is 16.3 Å². The van der Waals surface area contributed by atoms with Crippen molar-refractivity contribution in [3.05, 3.63) is 54.6 Å². The van der Waals surface area contributed by atoms with Crippen LogP contribution in [0.15, 0.2) is 59.5 Å². The molecule has 25 heavy (non-hydrogen) atoms. The van der Waals surface area contributed by atoms with Crippen molar-refractivity contribution < 1.29 is 9.59 Å².